The molecule has 0 atom stereocenters. The molecule has 0 heterocycles. The van der Waals surface area contributed by atoms with E-state index in [1.807, 2.05) is 0 Å². The molecule has 0 unspecified atom stereocenters. The molecule has 0 amide bonds. The van der Waals surface area contributed by atoms with E-state index >= 15 is 0 Å². The molecule has 0 rings (SSSR count). The second kappa shape index (κ2) is 755. The van der Waals surface area contributed by atoms with Crippen LogP contribution in [0.3, 0.4) is 0 Å². The Hall–Kier alpha value is 0.368. The number of halogens is 4. The van der Waals surface area contributed by atoms with E-state index in [9.17, 15) is 0 Å². The van der Waals surface area contributed by atoms with Crippen LogP contribution in [-0.2, 0) is 26.5 Å². The molecule has 0 aromatic rings. The van der Waals surface area contributed by atoms with Gasteiger partial charge in [0.1, 0.15) is 0 Å². The summed E-state index contributed by atoms with van der Waals surface area (Å²) in [6.45, 7) is 0. The minimum atomic E-state index is 0. The molecular weight excluding hydrogens is 276 g/mol. The van der Waals surface area contributed by atoms with Gasteiger partial charge >= 0.3 is 0 Å². The number of rotatable bonds is 0. The standard InChI is InChI=1S/4FH.O.W/h4*1H;;/q;;;;-2;/p-4. The van der Waals surface area contributed by atoms with E-state index in [0.717, 1.165) is 0 Å². The molecule has 0 aromatic heterocycles. The molecule has 0 bridgehead atoms. The van der Waals surface area contributed by atoms with Gasteiger partial charge in [0.15, 0.2) is 0 Å². The molecule has 6 heavy (non-hydrogen) atoms. The van der Waals surface area contributed by atoms with E-state index in [4.69, 9.17) is 0 Å². The molecule has 6 heteroatoms. The topological polar surface area (TPSA) is 28.5 Å². The summed E-state index contributed by atoms with van der Waals surface area (Å²) in [4.78, 5) is 0. The van der Waals surface area contributed by atoms with Crippen LogP contribution < -0.4 is 18.8 Å². The monoisotopic (exact) mass is 276 g/mol. The van der Waals surface area contributed by atoms with Crippen LogP contribution in [0.15, 0.2) is 0 Å². The van der Waals surface area contributed by atoms with Crippen molar-refractivity contribution in [1.82, 2.24) is 0 Å². The fraction of sp³-hybridized carbons (Fsp3) is 0. The third-order valence-electron chi connectivity index (χ3n) is 0. The largest absolute Gasteiger partial charge is 2.00 e. The van der Waals surface area contributed by atoms with Crippen molar-refractivity contribution in [3.8, 4) is 0 Å². The molecule has 1 nitrogen and oxygen atoms in total. The van der Waals surface area contributed by atoms with Gasteiger partial charge < -0.3 is 24.3 Å². The molecule has 0 aliphatic rings. The summed E-state index contributed by atoms with van der Waals surface area (Å²) in [5, 5.41) is 0. The minimum Gasteiger partial charge on any atom is -2.00 e. The summed E-state index contributed by atoms with van der Waals surface area (Å²) in [5.41, 5.74) is 0. The predicted molar refractivity (Wildman–Crippen MR) is 0.686 cm³/mol. The number of hydrogen-bond acceptors (Lipinski definition) is 0. The van der Waals surface area contributed by atoms with Gasteiger partial charge in [-0.2, -0.15) is 0 Å². The first kappa shape index (κ1) is 1350. The van der Waals surface area contributed by atoms with Crippen molar-refractivity contribution in [2.45, 2.75) is 0 Å². The van der Waals surface area contributed by atoms with E-state index in [0.29, 0.717) is 0 Å². The van der Waals surface area contributed by atoms with E-state index in [1.54, 1.807) is 0 Å². The maximum Gasteiger partial charge on any atom is 0 e. The molecule has 0 saturated carbocycles. The van der Waals surface area contributed by atoms with Crippen molar-refractivity contribution in [2.24, 2.45) is 0 Å². The van der Waals surface area contributed by atoms with Crippen molar-refractivity contribution >= 4 is 0 Å². The van der Waals surface area contributed by atoms with E-state index < -0.39 is 0 Å². The van der Waals surface area contributed by atoms with Crippen LogP contribution in [0.25, 0.3) is 0 Å². The average Bonchev–Trinajstić information content (AvgIpc) is 0. The minimum absolute atomic E-state index is 0. The third kappa shape index (κ3) is 365. The summed E-state index contributed by atoms with van der Waals surface area (Å²) in [6, 6.07) is 0. The Bertz CT molecular complexity index is 7.51. The zero-order valence-corrected chi connectivity index (χ0v) is 5.26. The normalized spacial score (nSPS) is 0. The fourth-order valence-corrected chi connectivity index (χ4v) is 0. The third-order valence-corrected chi connectivity index (χ3v) is 0. The van der Waals surface area contributed by atoms with Crippen molar-refractivity contribution in [2.75, 3.05) is 0 Å². The Morgan fingerprint density at radius 3 is 0.500 bits per heavy atom. The summed E-state index contributed by atoms with van der Waals surface area (Å²) < 4.78 is 0. The van der Waals surface area contributed by atoms with Crippen molar-refractivity contribution < 1.29 is 45.4 Å². The molecule has 0 fully saturated rings. The van der Waals surface area contributed by atoms with Crippen LogP contribution in [0.5, 0.6) is 0 Å². The van der Waals surface area contributed by atoms with Gasteiger partial charge in [0.25, 0.3) is 0 Å². The molecule has 0 aliphatic carbocycles. The van der Waals surface area contributed by atoms with Crippen LogP contribution in [0, 0.1) is 0 Å². The van der Waals surface area contributed by atoms with Crippen molar-refractivity contribution in [3.05, 3.63) is 0 Å². The maximum atomic E-state index is 0. The molecule has 46 valence electrons. The van der Waals surface area contributed by atoms with Gasteiger partial charge in [-0.1, -0.05) is 0 Å². The zero-order chi connectivity index (χ0) is 0. The van der Waals surface area contributed by atoms with Crippen molar-refractivity contribution in [1.29, 1.82) is 0 Å². The number of hydrogen-bond donors (Lipinski definition) is 0. The molecule has 0 radical (unpaired) electrons. The zero-order valence-electron chi connectivity index (χ0n) is 2.33. The summed E-state index contributed by atoms with van der Waals surface area (Å²) in [7, 11) is 0. The van der Waals surface area contributed by atoms with Gasteiger partial charge in [-0.05, 0) is 0 Å². The molecule has 0 saturated heterocycles. The van der Waals surface area contributed by atoms with Gasteiger partial charge in [-0.3, -0.25) is 0 Å². The molecule has 0 aromatic carbocycles. The van der Waals surface area contributed by atoms with Crippen LogP contribution in [0.4, 0.5) is 0 Å². The van der Waals surface area contributed by atoms with E-state index in [1.165, 1.54) is 0 Å². The van der Waals surface area contributed by atoms with Crippen LogP contribution in [0.1, 0.15) is 0 Å². The molecule has 0 N–H and O–H groups in total. The Morgan fingerprint density at radius 2 is 0.500 bits per heavy atom. The molecular formula is F4OW-6. The second-order valence-electron chi connectivity index (χ2n) is 0. The van der Waals surface area contributed by atoms with Gasteiger partial charge in [0.2, 0.25) is 0 Å². The molecule has 0 aliphatic heterocycles. The van der Waals surface area contributed by atoms with E-state index in [2.05, 4.69) is 0 Å². The molecule has 0 spiro atoms. The smallest absolute Gasteiger partial charge is 0 e. The van der Waals surface area contributed by atoms with Gasteiger partial charge in [-0.25, -0.2) is 0 Å². The first-order valence-corrected chi connectivity index (χ1v) is 0. The van der Waals surface area contributed by atoms with E-state index in [-0.39, 0.29) is 45.4 Å². The fourth-order valence-electron chi connectivity index (χ4n) is 0. The van der Waals surface area contributed by atoms with Gasteiger partial charge in [0, 0.05) is 21.1 Å². The van der Waals surface area contributed by atoms with Crippen LogP contribution in [0.2, 0.25) is 0 Å². The Labute approximate surface area is 46.2 Å². The summed E-state index contributed by atoms with van der Waals surface area (Å²) in [6.07, 6.45) is 0. The Kier molecular flexibility index (Phi) is 170000. The van der Waals surface area contributed by atoms with Crippen LogP contribution >= 0.6 is 0 Å². The first-order valence-electron chi connectivity index (χ1n) is 0. The first-order chi connectivity index (χ1) is 0. The second-order valence-corrected chi connectivity index (χ2v) is 0. The predicted octanol–water partition coefficient (Wildman–Crippen LogP) is -12.1. The SMILES string of the molecule is [F-].[F-].[F-].[F-].[O-2].[W]. The summed E-state index contributed by atoms with van der Waals surface area (Å²) >= 11 is 0. The van der Waals surface area contributed by atoms with Crippen LogP contribution in [-0.4, -0.2) is 0 Å². The van der Waals surface area contributed by atoms with Crippen molar-refractivity contribution in [3.63, 3.8) is 0 Å². The average molecular weight is 276 g/mol. The Balaban J connectivity index is 0. The quantitative estimate of drug-likeness (QED) is 0.393. The van der Waals surface area contributed by atoms with Gasteiger partial charge in [0.05, 0.1) is 0 Å². The maximum absolute atomic E-state index is 0. The van der Waals surface area contributed by atoms with Gasteiger partial charge in [-0.15, -0.1) is 0 Å². The summed E-state index contributed by atoms with van der Waals surface area (Å²) in [5.74, 6) is 0. The Morgan fingerprint density at radius 1 is 0.500 bits per heavy atom.